The van der Waals surface area contributed by atoms with E-state index < -0.39 is 0 Å². The van der Waals surface area contributed by atoms with Crippen LogP contribution in [0.1, 0.15) is 12.2 Å². The van der Waals surface area contributed by atoms with Gasteiger partial charge in [-0.15, -0.1) is 0 Å². The lowest BCUT2D eigenvalue weighted by Crippen LogP contribution is -2.44. The highest BCUT2D eigenvalue weighted by atomic mass is 19.1. The van der Waals surface area contributed by atoms with Gasteiger partial charge < -0.3 is 14.8 Å². The molecule has 5 heteroatoms. The Hall–Kier alpha value is -2.14. The molecule has 0 atom stereocenters. The summed E-state index contributed by atoms with van der Waals surface area (Å²) in [5.74, 6) is 0.667. The molecule has 0 amide bonds. The Bertz CT molecular complexity index is 766. The molecule has 22 heavy (non-hydrogen) atoms. The number of fused-ring (bicyclic) bond motifs is 1. The predicted octanol–water partition coefficient (Wildman–Crippen LogP) is 2.80. The quantitative estimate of drug-likeness (QED) is 0.926. The lowest BCUT2D eigenvalue weighted by atomic mass is 10.2. The summed E-state index contributed by atoms with van der Waals surface area (Å²) >= 11 is 0. The molecule has 1 N–H and O–H groups in total. The highest BCUT2D eigenvalue weighted by molar-refractivity contribution is 5.83. The number of anilines is 1. The minimum Gasteiger partial charge on any atom is -0.367 e. The van der Waals surface area contributed by atoms with E-state index in [0.29, 0.717) is 5.69 Å². The number of allylic oxidation sites excluding steroid dienone is 4. The van der Waals surface area contributed by atoms with Crippen molar-refractivity contribution in [3.63, 3.8) is 0 Å². The van der Waals surface area contributed by atoms with Crippen LogP contribution >= 0.6 is 0 Å². The zero-order valence-corrected chi connectivity index (χ0v) is 12.6. The first-order chi connectivity index (χ1) is 10.7. The number of aromatic nitrogens is 2. The Morgan fingerprint density at radius 3 is 2.73 bits per heavy atom. The van der Waals surface area contributed by atoms with E-state index in [1.54, 1.807) is 6.07 Å². The van der Waals surface area contributed by atoms with Crippen LogP contribution in [0, 0.1) is 5.82 Å². The molecule has 1 aliphatic carbocycles. The third-order valence-corrected chi connectivity index (χ3v) is 4.47. The molecule has 4 rings (SSSR count). The first-order valence-corrected chi connectivity index (χ1v) is 7.69. The van der Waals surface area contributed by atoms with Gasteiger partial charge >= 0.3 is 0 Å². The standard InChI is InChI=1S/C17H19FN4/c1-21-6-8-22(9-7-21)16-11-15-14(10-13(16)18)19-17(20-15)12-4-2-3-5-12/h2-4,10-11H,5-9H2,1H3,(H,19,20). The second-order valence-corrected chi connectivity index (χ2v) is 6.02. The Kier molecular flexibility index (Phi) is 3.22. The van der Waals surface area contributed by atoms with Crippen LogP contribution < -0.4 is 4.90 Å². The number of aromatic amines is 1. The first-order valence-electron chi connectivity index (χ1n) is 7.69. The van der Waals surface area contributed by atoms with Gasteiger partial charge in [-0.1, -0.05) is 18.2 Å². The topological polar surface area (TPSA) is 35.2 Å². The number of halogens is 1. The van der Waals surface area contributed by atoms with Gasteiger partial charge in [-0.2, -0.15) is 0 Å². The number of benzene rings is 1. The normalized spacial score (nSPS) is 19.2. The van der Waals surface area contributed by atoms with Crippen molar-refractivity contribution in [1.82, 2.24) is 14.9 Å². The third-order valence-electron chi connectivity index (χ3n) is 4.47. The minimum absolute atomic E-state index is 0.175. The summed E-state index contributed by atoms with van der Waals surface area (Å²) in [5, 5.41) is 0. The van der Waals surface area contributed by atoms with E-state index in [1.807, 2.05) is 12.1 Å². The van der Waals surface area contributed by atoms with E-state index in [-0.39, 0.29) is 5.82 Å². The van der Waals surface area contributed by atoms with Crippen LogP contribution in [0.25, 0.3) is 16.6 Å². The van der Waals surface area contributed by atoms with E-state index in [9.17, 15) is 4.39 Å². The molecule has 2 heterocycles. The number of piperazine rings is 1. The van der Waals surface area contributed by atoms with Crippen molar-refractivity contribution in [2.24, 2.45) is 0 Å². The lowest BCUT2D eigenvalue weighted by molar-refractivity contribution is 0.312. The average molecular weight is 298 g/mol. The van der Waals surface area contributed by atoms with Crippen LogP contribution in [0.3, 0.4) is 0 Å². The van der Waals surface area contributed by atoms with Crippen LogP contribution in [-0.2, 0) is 0 Å². The molecule has 2 aliphatic rings. The molecular weight excluding hydrogens is 279 g/mol. The number of hydrogen-bond acceptors (Lipinski definition) is 3. The molecule has 1 fully saturated rings. The monoisotopic (exact) mass is 298 g/mol. The molecule has 1 aromatic carbocycles. The molecule has 1 aliphatic heterocycles. The van der Waals surface area contributed by atoms with Crippen LogP contribution in [0.4, 0.5) is 10.1 Å². The first kappa shape index (κ1) is 13.5. The van der Waals surface area contributed by atoms with Gasteiger partial charge in [-0.05, 0) is 25.1 Å². The molecule has 0 saturated carbocycles. The zero-order valence-electron chi connectivity index (χ0n) is 12.6. The molecular formula is C17H19FN4. The molecule has 4 nitrogen and oxygen atoms in total. The van der Waals surface area contributed by atoms with Crippen molar-refractivity contribution >= 4 is 22.3 Å². The molecule has 2 aromatic rings. The molecule has 1 saturated heterocycles. The number of likely N-dealkylation sites (N-methyl/N-ethyl adjacent to an activating group) is 1. The largest absolute Gasteiger partial charge is 0.367 e. The lowest BCUT2D eigenvalue weighted by Gasteiger charge is -2.34. The third kappa shape index (κ3) is 2.31. The van der Waals surface area contributed by atoms with Crippen LogP contribution in [0.5, 0.6) is 0 Å². The summed E-state index contributed by atoms with van der Waals surface area (Å²) in [6, 6.07) is 3.45. The maximum Gasteiger partial charge on any atom is 0.148 e. The van der Waals surface area contributed by atoms with Gasteiger partial charge in [-0.25, -0.2) is 9.37 Å². The Balaban J connectivity index is 1.69. The summed E-state index contributed by atoms with van der Waals surface area (Å²) in [7, 11) is 2.10. The summed E-state index contributed by atoms with van der Waals surface area (Å²) < 4.78 is 14.5. The molecule has 0 unspecified atom stereocenters. The number of imidazole rings is 1. The van der Waals surface area contributed by atoms with Gasteiger partial charge in [0.15, 0.2) is 0 Å². The van der Waals surface area contributed by atoms with E-state index in [0.717, 1.165) is 55.0 Å². The predicted molar refractivity (Wildman–Crippen MR) is 87.5 cm³/mol. The van der Waals surface area contributed by atoms with Crippen molar-refractivity contribution in [2.45, 2.75) is 6.42 Å². The minimum atomic E-state index is -0.175. The number of nitrogens with one attached hydrogen (secondary N) is 1. The molecule has 114 valence electrons. The van der Waals surface area contributed by atoms with E-state index in [1.165, 1.54) is 0 Å². The van der Waals surface area contributed by atoms with Crippen LogP contribution in [0.2, 0.25) is 0 Å². The van der Waals surface area contributed by atoms with Gasteiger partial charge in [0.2, 0.25) is 0 Å². The highest BCUT2D eigenvalue weighted by Gasteiger charge is 2.19. The van der Waals surface area contributed by atoms with Gasteiger partial charge in [0, 0.05) is 32.2 Å². The van der Waals surface area contributed by atoms with Gasteiger partial charge in [-0.3, -0.25) is 0 Å². The van der Waals surface area contributed by atoms with E-state index in [4.69, 9.17) is 0 Å². The van der Waals surface area contributed by atoms with Crippen molar-refractivity contribution in [3.05, 3.63) is 42.0 Å². The Morgan fingerprint density at radius 1 is 1.18 bits per heavy atom. The van der Waals surface area contributed by atoms with Crippen molar-refractivity contribution in [2.75, 3.05) is 38.1 Å². The van der Waals surface area contributed by atoms with Crippen LogP contribution in [0.15, 0.2) is 30.4 Å². The summed E-state index contributed by atoms with van der Waals surface area (Å²) in [4.78, 5) is 12.2. The fourth-order valence-corrected chi connectivity index (χ4v) is 3.08. The molecule has 0 radical (unpaired) electrons. The van der Waals surface area contributed by atoms with Crippen molar-refractivity contribution in [3.8, 4) is 0 Å². The number of H-pyrrole nitrogens is 1. The maximum absolute atomic E-state index is 14.5. The second kappa shape index (κ2) is 5.25. The molecule has 0 bridgehead atoms. The summed E-state index contributed by atoms with van der Waals surface area (Å²) in [6.07, 6.45) is 7.06. The van der Waals surface area contributed by atoms with E-state index in [2.05, 4.69) is 39.0 Å². The van der Waals surface area contributed by atoms with Gasteiger partial charge in [0.05, 0.1) is 16.7 Å². The maximum atomic E-state index is 14.5. The number of rotatable bonds is 2. The van der Waals surface area contributed by atoms with E-state index >= 15 is 0 Å². The Labute approximate surface area is 128 Å². The summed E-state index contributed by atoms with van der Waals surface area (Å²) in [5.41, 5.74) is 3.41. The second-order valence-electron chi connectivity index (χ2n) is 6.02. The fraction of sp³-hybridized carbons (Fsp3) is 0.353. The smallest absolute Gasteiger partial charge is 0.148 e. The van der Waals surface area contributed by atoms with Crippen LogP contribution in [-0.4, -0.2) is 48.1 Å². The SMILES string of the molecule is CN1CCN(c2cc3nc(C4=CC=CC4)[nH]c3cc2F)CC1. The number of nitrogens with zero attached hydrogens (tertiary/aromatic N) is 3. The Morgan fingerprint density at radius 2 is 2.00 bits per heavy atom. The number of hydrogen-bond donors (Lipinski definition) is 1. The average Bonchev–Trinajstić information content (AvgIpc) is 3.15. The summed E-state index contributed by atoms with van der Waals surface area (Å²) in [6.45, 7) is 3.63. The fourth-order valence-electron chi connectivity index (χ4n) is 3.08. The van der Waals surface area contributed by atoms with Gasteiger partial charge in [0.25, 0.3) is 0 Å². The van der Waals surface area contributed by atoms with Crippen molar-refractivity contribution < 1.29 is 4.39 Å². The molecule has 1 aromatic heterocycles. The van der Waals surface area contributed by atoms with Gasteiger partial charge in [0.1, 0.15) is 11.6 Å². The van der Waals surface area contributed by atoms with Crippen molar-refractivity contribution in [1.29, 1.82) is 0 Å². The zero-order chi connectivity index (χ0) is 15.1. The molecule has 0 spiro atoms. The highest BCUT2D eigenvalue weighted by Crippen LogP contribution is 2.28.